The molecule has 0 atom stereocenters. The summed E-state index contributed by atoms with van der Waals surface area (Å²) < 4.78 is 18.3. The van der Waals surface area contributed by atoms with E-state index in [0.29, 0.717) is 22.4 Å². The molecule has 1 heterocycles. The second kappa shape index (κ2) is 5.12. The third kappa shape index (κ3) is 2.61. The van der Waals surface area contributed by atoms with Crippen molar-refractivity contribution in [1.29, 1.82) is 0 Å². The number of rotatable bonds is 4. The Morgan fingerprint density at radius 1 is 1.38 bits per heavy atom. The molecule has 0 N–H and O–H groups in total. The summed E-state index contributed by atoms with van der Waals surface area (Å²) in [6.07, 6.45) is 0.744. The highest BCUT2D eigenvalue weighted by atomic mass is 32.2. The molecule has 84 valence electrons. The smallest absolute Gasteiger partial charge is 0.237 e. The molecule has 0 saturated carbocycles. The fourth-order valence-corrected chi connectivity index (χ4v) is 1.97. The maximum absolute atomic E-state index is 13.3. The van der Waals surface area contributed by atoms with Gasteiger partial charge in [-0.05, 0) is 12.1 Å². The van der Waals surface area contributed by atoms with E-state index >= 15 is 0 Å². The van der Waals surface area contributed by atoms with Crippen LogP contribution in [0, 0.1) is 5.82 Å². The second-order valence-electron chi connectivity index (χ2n) is 3.18. The van der Waals surface area contributed by atoms with Gasteiger partial charge < -0.3 is 4.52 Å². The summed E-state index contributed by atoms with van der Waals surface area (Å²) in [6, 6.07) is 6.64. The molecular formula is C11H11FN2OS. The van der Waals surface area contributed by atoms with E-state index in [1.807, 2.05) is 6.92 Å². The summed E-state index contributed by atoms with van der Waals surface area (Å²) in [5, 5.41) is 3.78. The highest BCUT2D eigenvalue weighted by Crippen LogP contribution is 2.24. The lowest BCUT2D eigenvalue weighted by Crippen LogP contribution is -1.85. The maximum atomic E-state index is 13.3. The molecule has 3 nitrogen and oxygen atoms in total. The SMILES string of the molecule is CCc1noc(CSc2ccccc2F)n1. The monoisotopic (exact) mass is 238 g/mol. The summed E-state index contributed by atoms with van der Waals surface area (Å²) in [7, 11) is 0. The molecule has 0 fully saturated rings. The Bertz CT molecular complexity index is 473. The number of hydrogen-bond donors (Lipinski definition) is 0. The van der Waals surface area contributed by atoms with E-state index < -0.39 is 0 Å². The van der Waals surface area contributed by atoms with Crippen LogP contribution >= 0.6 is 11.8 Å². The van der Waals surface area contributed by atoms with E-state index in [4.69, 9.17) is 4.52 Å². The van der Waals surface area contributed by atoms with Crippen LogP contribution in [0.5, 0.6) is 0 Å². The Kier molecular flexibility index (Phi) is 3.56. The summed E-state index contributed by atoms with van der Waals surface area (Å²) in [5.41, 5.74) is 0. The van der Waals surface area contributed by atoms with Crippen LogP contribution < -0.4 is 0 Å². The first kappa shape index (κ1) is 11.1. The first-order chi connectivity index (χ1) is 7.79. The second-order valence-corrected chi connectivity index (χ2v) is 4.19. The van der Waals surface area contributed by atoms with Crippen LogP contribution in [-0.2, 0) is 12.2 Å². The van der Waals surface area contributed by atoms with Crippen molar-refractivity contribution < 1.29 is 8.91 Å². The van der Waals surface area contributed by atoms with Crippen molar-refractivity contribution in [2.75, 3.05) is 0 Å². The Morgan fingerprint density at radius 2 is 2.19 bits per heavy atom. The zero-order valence-electron chi connectivity index (χ0n) is 8.81. The lowest BCUT2D eigenvalue weighted by atomic mass is 10.3. The molecule has 0 amide bonds. The summed E-state index contributed by atoms with van der Waals surface area (Å²) in [4.78, 5) is 4.75. The van der Waals surface area contributed by atoms with Crippen LogP contribution in [-0.4, -0.2) is 10.1 Å². The number of thioether (sulfide) groups is 1. The molecule has 1 aromatic carbocycles. The Labute approximate surface area is 97.1 Å². The third-order valence-electron chi connectivity index (χ3n) is 2.01. The standard InChI is InChI=1S/C11H11FN2OS/c1-2-10-13-11(15-14-10)7-16-9-6-4-3-5-8(9)12/h3-6H,2,7H2,1H3. The van der Waals surface area contributed by atoms with Crippen molar-refractivity contribution in [2.24, 2.45) is 0 Å². The van der Waals surface area contributed by atoms with Gasteiger partial charge in [-0.3, -0.25) is 0 Å². The lowest BCUT2D eigenvalue weighted by Gasteiger charge is -1.98. The Balaban J connectivity index is 1.99. The zero-order valence-corrected chi connectivity index (χ0v) is 9.63. The van der Waals surface area contributed by atoms with Gasteiger partial charge in [0.1, 0.15) is 5.82 Å². The predicted molar refractivity (Wildman–Crippen MR) is 59.6 cm³/mol. The fraction of sp³-hybridized carbons (Fsp3) is 0.273. The van der Waals surface area contributed by atoms with Gasteiger partial charge in [0.15, 0.2) is 5.82 Å². The minimum absolute atomic E-state index is 0.220. The number of hydrogen-bond acceptors (Lipinski definition) is 4. The molecule has 0 unspecified atom stereocenters. The first-order valence-electron chi connectivity index (χ1n) is 4.98. The van der Waals surface area contributed by atoms with Crippen molar-refractivity contribution in [3.8, 4) is 0 Å². The largest absolute Gasteiger partial charge is 0.338 e. The average Bonchev–Trinajstić information content (AvgIpc) is 2.76. The summed E-state index contributed by atoms with van der Waals surface area (Å²) in [6.45, 7) is 1.96. The first-order valence-corrected chi connectivity index (χ1v) is 5.97. The molecule has 2 aromatic rings. The molecular weight excluding hydrogens is 227 g/mol. The van der Waals surface area contributed by atoms with Crippen LogP contribution in [0.4, 0.5) is 4.39 Å². The highest BCUT2D eigenvalue weighted by Gasteiger charge is 2.07. The fourth-order valence-electron chi connectivity index (χ4n) is 1.19. The van der Waals surface area contributed by atoms with Crippen molar-refractivity contribution in [2.45, 2.75) is 24.0 Å². The minimum Gasteiger partial charge on any atom is -0.338 e. The summed E-state index contributed by atoms with van der Waals surface area (Å²) in [5.74, 6) is 1.49. The van der Waals surface area contributed by atoms with Gasteiger partial charge >= 0.3 is 0 Å². The number of aryl methyl sites for hydroxylation is 1. The van der Waals surface area contributed by atoms with E-state index in [2.05, 4.69) is 10.1 Å². The Morgan fingerprint density at radius 3 is 2.88 bits per heavy atom. The molecule has 2 rings (SSSR count). The predicted octanol–water partition coefficient (Wildman–Crippen LogP) is 3.06. The van der Waals surface area contributed by atoms with E-state index in [0.717, 1.165) is 6.42 Å². The van der Waals surface area contributed by atoms with Crippen LogP contribution in [0.1, 0.15) is 18.6 Å². The van der Waals surface area contributed by atoms with Gasteiger partial charge in [-0.25, -0.2) is 4.39 Å². The zero-order chi connectivity index (χ0) is 11.4. The van der Waals surface area contributed by atoms with E-state index in [-0.39, 0.29) is 5.82 Å². The number of halogens is 1. The molecule has 0 aliphatic heterocycles. The van der Waals surface area contributed by atoms with Crippen molar-refractivity contribution in [3.63, 3.8) is 0 Å². The van der Waals surface area contributed by atoms with Crippen LogP contribution in [0.25, 0.3) is 0 Å². The van der Waals surface area contributed by atoms with Gasteiger partial charge in [0.2, 0.25) is 5.89 Å². The third-order valence-corrected chi connectivity index (χ3v) is 3.05. The van der Waals surface area contributed by atoms with E-state index in [1.54, 1.807) is 18.2 Å². The minimum atomic E-state index is -0.220. The molecule has 5 heteroatoms. The van der Waals surface area contributed by atoms with Crippen molar-refractivity contribution in [1.82, 2.24) is 10.1 Å². The van der Waals surface area contributed by atoms with Crippen LogP contribution in [0.3, 0.4) is 0 Å². The van der Waals surface area contributed by atoms with Gasteiger partial charge in [0.25, 0.3) is 0 Å². The quantitative estimate of drug-likeness (QED) is 0.767. The number of nitrogens with zero attached hydrogens (tertiary/aromatic N) is 2. The van der Waals surface area contributed by atoms with Gasteiger partial charge in [-0.2, -0.15) is 4.98 Å². The number of benzene rings is 1. The van der Waals surface area contributed by atoms with Crippen molar-refractivity contribution >= 4 is 11.8 Å². The highest BCUT2D eigenvalue weighted by molar-refractivity contribution is 7.98. The molecule has 0 saturated heterocycles. The Hall–Kier alpha value is -1.36. The topological polar surface area (TPSA) is 38.9 Å². The van der Waals surface area contributed by atoms with Gasteiger partial charge in [-0.15, -0.1) is 11.8 Å². The molecule has 0 spiro atoms. The van der Waals surface area contributed by atoms with Gasteiger partial charge in [0.05, 0.1) is 5.75 Å². The average molecular weight is 238 g/mol. The normalized spacial score (nSPS) is 10.6. The summed E-state index contributed by atoms with van der Waals surface area (Å²) >= 11 is 1.35. The molecule has 0 radical (unpaired) electrons. The number of aromatic nitrogens is 2. The molecule has 0 aliphatic carbocycles. The lowest BCUT2D eigenvalue weighted by molar-refractivity contribution is 0.385. The van der Waals surface area contributed by atoms with Crippen molar-refractivity contribution in [3.05, 3.63) is 41.8 Å². The van der Waals surface area contributed by atoms with Crippen LogP contribution in [0.15, 0.2) is 33.7 Å². The maximum Gasteiger partial charge on any atom is 0.237 e. The molecule has 0 aliphatic rings. The van der Waals surface area contributed by atoms with E-state index in [9.17, 15) is 4.39 Å². The van der Waals surface area contributed by atoms with Gasteiger partial charge in [0, 0.05) is 11.3 Å². The van der Waals surface area contributed by atoms with Crippen LogP contribution in [0.2, 0.25) is 0 Å². The molecule has 16 heavy (non-hydrogen) atoms. The molecule has 0 bridgehead atoms. The molecule has 1 aromatic heterocycles. The van der Waals surface area contributed by atoms with E-state index in [1.165, 1.54) is 17.8 Å². The van der Waals surface area contributed by atoms with Gasteiger partial charge in [-0.1, -0.05) is 24.2 Å².